The Morgan fingerprint density at radius 1 is 0.860 bits per heavy atom. The van der Waals surface area contributed by atoms with Gasteiger partial charge in [0.25, 0.3) is 0 Å². The van der Waals surface area contributed by atoms with Gasteiger partial charge >= 0.3 is 6.18 Å². The van der Waals surface area contributed by atoms with Gasteiger partial charge in [-0.05, 0) is 48.2 Å². The molecule has 234 valence electrons. The van der Waals surface area contributed by atoms with Crippen LogP contribution in [0.3, 0.4) is 0 Å². The molecule has 1 aliphatic heterocycles. The van der Waals surface area contributed by atoms with E-state index in [0.717, 1.165) is 18.6 Å². The van der Waals surface area contributed by atoms with Gasteiger partial charge in [0.2, 0.25) is 23.6 Å². The van der Waals surface area contributed by atoms with Crippen molar-refractivity contribution in [1.82, 2.24) is 20.4 Å². The summed E-state index contributed by atoms with van der Waals surface area (Å²) in [7, 11) is 3.00. The molecule has 0 saturated carbocycles. The van der Waals surface area contributed by atoms with Crippen LogP contribution in [0.15, 0.2) is 48.5 Å². The van der Waals surface area contributed by atoms with Crippen molar-refractivity contribution in [3.8, 4) is 0 Å². The molecule has 4 amide bonds. The Hall–Kier alpha value is -3.60. The van der Waals surface area contributed by atoms with Crippen LogP contribution in [0.2, 0.25) is 5.02 Å². The van der Waals surface area contributed by atoms with Gasteiger partial charge in [-0.3, -0.25) is 19.2 Å². The minimum absolute atomic E-state index is 0.0609. The SMILES string of the molecule is CCCC[C@H]1C(=O)N[C@@H](Cc2ccc(Cl)cc2)C(=O)N(C)[C@@H](Cc2ccc(C(F)(F)F)cc2)C(=O)NCCCC(=O)N1C. The molecule has 0 unspecified atom stereocenters. The van der Waals surface area contributed by atoms with E-state index in [4.69, 9.17) is 11.6 Å². The Morgan fingerprint density at radius 3 is 2.07 bits per heavy atom. The molecule has 0 aromatic heterocycles. The lowest BCUT2D eigenvalue weighted by Crippen LogP contribution is -2.58. The molecule has 1 saturated heterocycles. The standard InChI is InChI=1S/C31H38ClF3N4O4/c1-4-5-7-25-29(42)37-24(18-20-11-15-23(32)16-12-20)30(43)39(3)26(28(41)36-17-6-8-27(40)38(25)2)19-21-9-13-22(14-10-21)31(33,34)35/h9-16,24-26H,4-8,17-19H2,1-3H3,(H,36,41)(H,37,42)/t24-,25-,26-/m0/s1. The first kappa shape index (κ1) is 33.9. The number of nitrogens with one attached hydrogen (secondary N) is 2. The summed E-state index contributed by atoms with van der Waals surface area (Å²) in [4.78, 5) is 56.6. The van der Waals surface area contributed by atoms with Gasteiger partial charge in [0, 0.05) is 44.9 Å². The van der Waals surface area contributed by atoms with E-state index in [9.17, 15) is 32.3 Å². The van der Waals surface area contributed by atoms with Crippen LogP contribution in [-0.2, 0) is 38.2 Å². The fourth-order valence-electron chi connectivity index (χ4n) is 5.00. The van der Waals surface area contributed by atoms with E-state index in [0.29, 0.717) is 35.4 Å². The van der Waals surface area contributed by atoms with Gasteiger partial charge in [0.1, 0.15) is 18.1 Å². The molecular formula is C31H38ClF3N4O4. The third-order valence-corrected chi connectivity index (χ3v) is 7.91. The van der Waals surface area contributed by atoms with E-state index in [1.807, 2.05) is 6.92 Å². The second kappa shape index (κ2) is 15.2. The van der Waals surface area contributed by atoms with Crippen LogP contribution in [0, 0.1) is 0 Å². The Bertz CT molecular complexity index is 1270. The molecule has 8 nitrogen and oxygen atoms in total. The fourth-order valence-corrected chi connectivity index (χ4v) is 5.13. The first-order valence-electron chi connectivity index (χ1n) is 14.3. The average molecular weight is 623 g/mol. The van der Waals surface area contributed by atoms with Crippen LogP contribution in [-0.4, -0.2) is 72.2 Å². The zero-order valence-corrected chi connectivity index (χ0v) is 25.3. The predicted octanol–water partition coefficient (Wildman–Crippen LogP) is 4.38. The highest BCUT2D eigenvalue weighted by atomic mass is 35.5. The number of nitrogens with zero attached hydrogens (tertiary/aromatic N) is 2. The van der Waals surface area contributed by atoms with Crippen molar-refractivity contribution < 1.29 is 32.3 Å². The molecule has 1 aliphatic rings. The molecule has 0 spiro atoms. The van der Waals surface area contributed by atoms with Crippen molar-refractivity contribution in [2.24, 2.45) is 0 Å². The zero-order valence-electron chi connectivity index (χ0n) is 24.5. The van der Waals surface area contributed by atoms with Gasteiger partial charge in [-0.2, -0.15) is 13.2 Å². The highest BCUT2D eigenvalue weighted by Gasteiger charge is 2.36. The summed E-state index contributed by atoms with van der Waals surface area (Å²) in [6.45, 7) is 2.12. The number of benzene rings is 2. The molecule has 0 radical (unpaired) electrons. The minimum Gasteiger partial charge on any atom is -0.354 e. The van der Waals surface area contributed by atoms with E-state index in [2.05, 4.69) is 10.6 Å². The van der Waals surface area contributed by atoms with Crippen LogP contribution in [0.5, 0.6) is 0 Å². The van der Waals surface area contributed by atoms with Crippen LogP contribution in [0.4, 0.5) is 13.2 Å². The number of alkyl halides is 3. The van der Waals surface area contributed by atoms with Gasteiger partial charge in [-0.1, -0.05) is 55.6 Å². The smallest absolute Gasteiger partial charge is 0.354 e. The number of rotatable bonds is 7. The Labute approximate surface area is 254 Å². The molecule has 2 aromatic rings. The number of hydrogen-bond acceptors (Lipinski definition) is 4. The van der Waals surface area contributed by atoms with Crippen molar-refractivity contribution in [3.63, 3.8) is 0 Å². The highest BCUT2D eigenvalue weighted by molar-refractivity contribution is 6.30. The van der Waals surface area contributed by atoms with Crippen molar-refractivity contribution in [3.05, 3.63) is 70.2 Å². The molecule has 12 heteroatoms. The second-order valence-corrected chi connectivity index (χ2v) is 11.2. The number of halogens is 4. The molecule has 3 atom stereocenters. The van der Waals surface area contributed by atoms with E-state index >= 15 is 0 Å². The number of unbranched alkanes of at least 4 members (excludes halogenated alkanes) is 1. The number of carbonyl (C=O) groups is 4. The first-order valence-corrected chi connectivity index (χ1v) is 14.7. The monoisotopic (exact) mass is 622 g/mol. The zero-order chi connectivity index (χ0) is 31.7. The van der Waals surface area contributed by atoms with Crippen molar-refractivity contribution in [2.45, 2.75) is 76.2 Å². The molecule has 2 N–H and O–H groups in total. The maximum atomic E-state index is 14.0. The maximum Gasteiger partial charge on any atom is 0.416 e. The quantitative estimate of drug-likeness (QED) is 0.479. The lowest BCUT2D eigenvalue weighted by molar-refractivity contribution is -0.144. The molecule has 0 bridgehead atoms. The van der Waals surface area contributed by atoms with Gasteiger partial charge in [-0.15, -0.1) is 0 Å². The van der Waals surface area contributed by atoms with Crippen LogP contribution in [0.25, 0.3) is 0 Å². The maximum absolute atomic E-state index is 14.0. The average Bonchev–Trinajstić information content (AvgIpc) is 2.97. The van der Waals surface area contributed by atoms with E-state index < -0.39 is 47.6 Å². The largest absolute Gasteiger partial charge is 0.416 e. The van der Waals surface area contributed by atoms with E-state index in [1.54, 1.807) is 31.3 Å². The molecule has 2 aromatic carbocycles. The van der Waals surface area contributed by atoms with Crippen molar-refractivity contribution in [2.75, 3.05) is 20.6 Å². The van der Waals surface area contributed by atoms with Gasteiger partial charge in [-0.25, -0.2) is 0 Å². The van der Waals surface area contributed by atoms with Crippen LogP contribution < -0.4 is 10.6 Å². The molecule has 43 heavy (non-hydrogen) atoms. The Morgan fingerprint density at radius 2 is 1.47 bits per heavy atom. The summed E-state index contributed by atoms with van der Waals surface area (Å²) in [5.41, 5.74) is 0.300. The molecule has 1 fully saturated rings. The minimum atomic E-state index is -4.51. The lowest BCUT2D eigenvalue weighted by Gasteiger charge is -2.34. The van der Waals surface area contributed by atoms with Crippen LogP contribution >= 0.6 is 11.6 Å². The van der Waals surface area contributed by atoms with Crippen molar-refractivity contribution in [1.29, 1.82) is 0 Å². The summed E-state index contributed by atoms with van der Waals surface area (Å²) < 4.78 is 39.3. The number of carbonyl (C=O) groups excluding carboxylic acids is 4. The predicted molar refractivity (Wildman–Crippen MR) is 157 cm³/mol. The Balaban J connectivity index is 1.98. The number of amides is 4. The lowest BCUT2D eigenvalue weighted by atomic mass is 9.99. The van der Waals surface area contributed by atoms with Gasteiger partial charge in [0.15, 0.2) is 0 Å². The Kier molecular flexibility index (Phi) is 12.0. The topological polar surface area (TPSA) is 98.8 Å². The van der Waals surface area contributed by atoms with Gasteiger partial charge in [0.05, 0.1) is 5.56 Å². The summed E-state index contributed by atoms with van der Waals surface area (Å²) in [5.74, 6) is -1.82. The van der Waals surface area contributed by atoms with E-state index in [-0.39, 0.29) is 31.7 Å². The third kappa shape index (κ3) is 9.44. The third-order valence-electron chi connectivity index (χ3n) is 7.66. The fraction of sp³-hybridized carbons (Fsp3) is 0.484. The molecule has 1 heterocycles. The highest BCUT2D eigenvalue weighted by Crippen LogP contribution is 2.29. The molecule has 0 aliphatic carbocycles. The summed E-state index contributed by atoms with van der Waals surface area (Å²) in [6.07, 6.45) is -2.18. The summed E-state index contributed by atoms with van der Waals surface area (Å²) in [6, 6.07) is 8.20. The van der Waals surface area contributed by atoms with E-state index in [1.165, 1.54) is 29.0 Å². The summed E-state index contributed by atoms with van der Waals surface area (Å²) >= 11 is 6.03. The molecular weight excluding hydrogens is 585 g/mol. The normalized spacial score (nSPS) is 21.3. The van der Waals surface area contributed by atoms with Crippen molar-refractivity contribution >= 4 is 35.2 Å². The number of hydrogen-bond donors (Lipinski definition) is 2. The first-order chi connectivity index (χ1) is 20.3. The number of likely N-dealkylation sites (N-methyl/N-ethyl adjacent to an activating group) is 2. The second-order valence-electron chi connectivity index (χ2n) is 10.8. The summed E-state index contributed by atoms with van der Waals surface area (Å²) in [5, 5.41) is 6.10. The van der Waals surface area contributed by atoms with Gasteiger partial charge < -0.3 is 20.4 Å². The molecule has 3 rings (SSSR count). The van der Waals surface area contributed by atoms with Crippen LogP contribution in [0.1, 0.15) is 55.7 Å².